The van der Waals surface area contributed by atoms with Gasteiger partial charge in [-0.1, -0.05) is 39.1 Å². The first-order valence-corrected chi connectivity index (χ1v) is 9.76. The maximum atomic E-state index is 12.3. The van der Waals surface area contributed by atoms with Crippen LogP contribution in [0.2, 0.25) is 10.0 Å². The Morgan fingerprint density at radius 3 is 2.38 bits per heavy atom. The summed E-state index contributed by atoms with van der Waals surface area (Å²) < 4.78 is 27.6. The molecule has 1 atom stereocenters. The number of hydrogen-bond donors (Lipinski definition) is 2. The highest BCUT2D eigenvalue weighted by atomic mass is 79.9. The van der Waals surface area contributed by atoms with Gasteiger partial charge in [0.05, 0.1) is 21.6 Å². The zero-order chi connectivity index (χ0) is 17.9. The van der Waals surface area contributed by atoms with Gasteiger partial charge >= 0.3 is 0 Å². The summed E-state index contributed by atoms with van der Waals surface area (Å²) in [6, 6.07) is 9.67. The highest BCUT2D eigenvalue weighted by Gasteiger charge is 2.22. The second kappa shape index (κ2) is 7.84. The second-order valence-electron chi connectivity index (χ2n) is 4.91. The average Bonchev–Trinajstić information content (AvgIpc) is 2.51. The van der Waals surface area contributed by atoms with Crippen LogP contribution in [-0.4, -0.2) is 20.4 Å². The van der Waals surface area contributed by atoms with Gasteiger partial charge in [0.2, 0.25) is 15.9 Å². The van der Waals surface area contributed by atoms with E-state index in [4.69, 9.17) is 23.2 Å². The molecule has 2 N–H and O–H groups in total. The summed E-state index contributed by atoms with van der Waals surface area (Å²) in [4.78, 5) is 12.3. The predicted octanol–water partition coefficient (Wildman–Crippen LogP) is 4.06. The molecule has 2 aromatic rings. The molecular formula is C15H13BrCl2N2O3S. The standard InChI is InChI=1S/C15H13BrCl2N2O3S/c1-9(15(21)19-14-8-11(17)4-7-13(14)18)20-24(22,23)12-5-2-10(16)3-6-12/h2-9,20H,1H3,(H,19,21)/t9-/m0/s1. The van der Waals surface area contributed by atoms with Crippen molar-refractivity contribution < 1.29 is 13.2 Å². The number of halogens is 3. The van der Waals surface area contributed by atoms with Crippen LogP contribution in [0.3, 0.4) is 0 Å². The molecule has 2 aromatic carbocycles. The molecule has 0 fully saturated rings. The van der Waals surface area contributed by atoms with Gasteiger partial charge in [-0.3, -0.25) is 4.79 Å². The van der Waals surface area contributed by atoms with Crippen LogP contribution in [-0.2, 0) is 14.8 Å². The van der Waals surface area contributed by atoms with Crippen molar-refractivity contribution in [2.24, 2.45) is 0 Å². The quantitative estimate of drug-likeness (QED) is 0.719. The van der Waals surface area contributed by atoms with E-state index in [0.717, 1.165) is 4.47 Å². The van der Waals surface area contributed by atoms with Gasteiger partial charge in [0.15, 0.2) is 0 Å². The number of amides is 1. The molecule has 24 heavy (non-hydrogen) atoms. The van der Waals surface area contributed by atoms with Gasteiger partial charge in [0, 0.05) is 9.50 Å². The van der Waals surface area contributed by atoms with Crippen LogP contribution in [0.15, 0.2) is 51.8 Å². The molecule has 128 valence electrons. The van der Waals surface area contributed by atoms with E-state index >= 15 is 0 Å². The van der Waals surface area contributed by atoms with Gasteiger partial charge in [0.25, 0.3) is 0 Å². The molecule has 0 aliphatic rings. The molecule has 0 unspecified atom stereocenters. The van der Waals surface area contributed by atoms with E-state index in [9.17, 15) is 13.2 Å². The number of sulfonamides is 1. The van der Waals surface area contributed by atoms with E-state index in [-0.39, 0.29) is 4.90 Å². The topological polar surface area (TPSA) is 75.3 Å². The van der Waals surface area contributed by atoms with Crippen LogP contribution in [0.25, 0.3) is 0 Å². The summed E-state index contributed by atoms with van der Waals surface area (Å²) in [5, 5.41) is 3.25. The Morgan fingerprint density at radius 1 is 1.12 bits per heavy atom. The molecule has 0 aromatic heterocycles. The van der Waals surface area contributed by atoms with Crippen molar-refractivity contribution in [2.75, 3.05) is 5.32 Å². The summed E-state index contributed by atoms with van der Waals surface area (Å²) in [6.45, 7) is 1.43. The molecule has 0 bridgehead atoms. The number of benzene rings is 2. The van der Waals surface area contributed by atoms with Crippen LogP contribution in [0, 0.1) is 0 Å². The monoisotopic (exact) mass is 450 g/mol. The summed E-state index contributed by atoms with van der Waals surface area (Å²) in [5.41, 5.74) is 0.309. The number of hydrogen-bond acceptors (Lipinski definition) is 3. The lowest BCUT2D eigenvalue weighted by Gasteiger charge is -2.15. The molecular weight excluding hydrogens is 439 g/mol. The Labute approximate surface area is 158 Å². The van der Waals surface area contributed by atoms with Crippen LogP contribution in [0.5, 0.6) is 0 Å². The number of nitrogens with one attached hydrogen (secondary N) is 2. The second-order valence-corrected chi connectivity index (χ2v) is 8.38. The summed E-state index contributed by atoms with van der Waals surface area (Å²) in [5.74, 6) is -0.556. The maximum absolute atomic E-state index is 12.3. The smallest absolute Gasteiger partial charge is 0.242 e. The zero-order valence-corrected chi connectivity index (χ0v) is 16.3. The van der Waals surface area contributed by atoms with E-state index in [1.54, 1.807) is 18.2 Å². The Morgan fingerprint density at radius 2 is 1.75 bits per heavy atom. The van der Waals surface area contributed by atoms with E-state index in [1.807, 2.05) is 0 Å². The number of carbonyl (C=O) groups excluding carboxylic acids is 1. The number of carbonyl (C=O) groups is 1. The fourth-order valence-corrected chi connectivity index (χ4v) is 3.61. The van der Waals surface area contributed by atoms with Crippen molar-refractivity contribution in [3.8, 4) is 0 Å². The Kier molecular flexibility index (Phi) is 6.28. The van der Waals surface area contributed by atoms with Crippen molar-refractivity contribution in [2.45, 2.75) is 17.9 Å². The maximum Gasteiger partial charge on any atom is 0.242 e. The highest BCUT2D eigenvalue weighted by molar-refractivity contribution is 9.10. The lowest BCUT2D eigenvalue weighted by molar-refractivity contribution is -0.117. The van der Waals surface area contributed by atoms with Crippen LogP contribution < -0.4 is 10.0 Å². The summed E-state index contributed by atoms with van der Waals surface area (Å²) in [7, 11) is -3.82. The molecule has 1 amide bonds. The first kappa shape index (κ1) is 19.2. The minimum Gasteiger partial charge on any atom is -0.323 e. The third-order valence-electron chi connectivity index (χ3n) is 3.04. The van der Waals surface area contributed by atoms with Crippen molar-refractivity contribution in [3.63, 3.8) is 0 Å². The molecule has 0 aliphatic carbocycles. The highest BCUT2D eigenvalue weighted by Crippen LogP contribution is 2.25. The molecule has 9 heteroatoms. The molecule has 0 radical (unpaired) electrons. The van der Waals surface area contributed by atoms with E-state index in [2.05, 4.69) is 26.0 Å². The third kappa shape index (κ3) is 4.94. The lowest BCUT2D eigenvalue weighted by Crippen LogP contribution is -2.41. The van der Waals surface area contributed by atoms with Crippen molar-refractivity contribution >= 4 is 60.7 Å². The first-order valence-electron chi connectivity index (χ1n) is 6.73. The Hall–Kier alpha value is -1.12. The van der Waals surface area contributed by atoms with Crippen LogP contribution in [0.1, 0.15) is 6.92 Å². The molecule has 2 rings (SSSR count). The van der Waals surface area contributed by atoms with E-state index < -0.39 is 22.0 Å². The van der Waals surface area contributed by atoms with Gasteiger partial charge in [-0.25, -0.2) is 8.42 Å². The molecule has 0 heterocycles. The van der Waals surface area contributed by atoms with E-state index in [1.165, 1.54) is 31.2 Å². The average molecular weight is 452 g/mol. The molecule has 0 saturated heterocycles. The Bertz CT molecular complexity index is 858. The summed E-state index contributed by atoms with van der Waals surface area (Å²) in [6.07, 6.45) is 0. The van der Waals surface area contributed by atoms with Crippen molar-refractivity contribution in [1.29, 1.82) is 0 Å². The van der Waals surface area contributed by atoms with Gasteiger partial charge in [-0.05, 0) is 49.4 Å². The Balaban J connectivity index is 2.10. The number of rotatable bonds is 5. The van der Waals surface area contributed by atoms with Gasteiger partial charge in [-0.2, -0.15) is 4.72 Å². The van der Waals surface area contributed by atoms with Crippen molar-refractivity contribution in [1.82, 2.24) is 4.72 Å². The third-order valence-corrected chi connectivity index (χ3v) is 5.69. The molecule has 0 aliphatic heterocycles. The molecule has 5 nitrogen and oxygen atoms in total. The molecule has 0 saturated carbocycles. The SMILES string of the molecule is C[C@H](NS(=O)(=O)c1ccc(Br)cc1)C(=O)Nc1cc(Cl)ccc1Cl. The largest absolute Gasteiger partial charge is 0.323 e. The zero-order valence-electron chi connectivity index (χ0n) is 12.4. The fourth-order valence-electron chi connectivity index (χ4n) is 1.80. The van der Waals surface area contributed by atoms with Crippen LogP contribution in [0.4, 0.5) is 5.69 Å². The summed E-state index contributed by atoms with van der Waals surface area (Å²) >= 11 is 15.1. The van der Waals surface area contributed by atoms with Gasteiger partial charge in [-0.15, -0.1) is 0 Å². The normalized spacial score (nSPS) is 12.7. The minimum atomic E-state index is -3.82. The van der Waals surface area contributed by atoms with Crippen molar-refractivity contribution in [3.05, 3.63) is 57.0 Å². The number of anilines is 1. The van der Waals surface area contributed by atoms with E-state index in [0.29, 0.717) is 15.7 Å². The fraction of sp³-hybridized carbons (Fsp3) is 0.133. The molecule has 0 spiro atoms. The van der Waals surface area contributed by atoms with Gasteiger partial charge in [0.1, 0.15) is 0 Å². The predicted molar refractivity (Wildman–Crippen MR) is 99.0 cm³/mol. The first-order chi connectivity index (χ1) is 11.2. The lowest BCUT2D eigenvalue weighted by atomic mass is 10.3. The van der Waals surface area contributed by atoms with Gasteiger partial charge < -0.3 is 5.32 Å². The van der Waals surface area contributed by atoms with Crippen LogP contribution >= 0.6 is 39.1 Å². The minimum absolute atomic E-state index is 0.0612.